The fourth-order valence-corrected chi connectivity index (χ4v) is 3.85. The highest BCUT2D eigenvalue weighted by molar-refractivity contribution is 5.79. The van der Waals surface area contributed by atoms with Crippen LogP contribution in [-0.2, 0) is 11.3 Å². The number of likely N-dealkylation sites (N-methyl/N-ethyl adjacent to an activating group) is 1. The van der Waals surface area contributed by atoms with Crippen molar-refractivity contribution in [3.05, 3.63) is 35.9 Å². The summed E-state index contributed by atoms with van der Waals surface area (Å²) in [6.07, 6.45) is 4.33. The molecule has 1 aromatic carbocycles. The summed E-state index contributed by atoms with van der Waals surface area (Å²) in [5, 5.41) is 3.32. The van der Waals surface area contributed by atoms with Gasteiger partial charge in [0.05, 0.1) is 0 Å². The number of hydrogen-bond acceptors (Lipinski definition) is 3. The van der Waals surface area contributed by atoms with Crippen molar-refractivity contribution >= 4 is 5.91 Å². The minimum atomic E-state index is 0.234. The molecule has 126 valence electrons. The highest BCUT2D eigenvalue weighted by atomic mass is 16.2. The van der Waals surface area contributed by atoms with Gasteiger partial charge >= 0.3 is 0 Å². The summed E-state index contributed by atoms with van der Waals surface area (Å²) in [5.74, 6) is 0.627. The first kappa shape index (κ1) is 16.5. The lowest BCUT2D eigenvalue weighted by molar-refractivity contribution is -0.138. The van der Waals surface area contributed by atoms with E-state index in [1.165, 1.54) is 12.0 Å². The van der Waals surface area contributed by atoms with Crippen LogP contribution in [0, 0.1) is 5.92 Å². The lowest BCUT2D eigenvalue weighted by atomic mass is 9.93. The molecule has 2 aliphatic rings. The Balaban J connectivity index is 1.47. The number of hydrogen-bond donors (Lipinski definition) is 1. The van der Waals surface area contributed by atoms with Crippen molar-refractivity contribution in [3.8, 4) is 0 Å². The number of benzene rings is 1. The zero-order valence-corrected chi connectivity index (χ0v) is 14.2. The van der Waals surface area contributed by atoms with Crippen LogP contribution in [-0.4, -0.2) is 55.0 Å². The number of amides is 1. The first-order valence-corrected chi connectivity index (χ1v) is 8.98. The Hall–Kier alpha value is -1.39. The van der Waals surface area contributed by atoms with Gasteiger partial charge in [0.15, 0.2) is 0 Å². The van der Waals surface area contributed by atoms with E-state index in [-0.39, 0.29) is 5.92 Å². The van der Waals surface area contributed by atoms with Crippen LogP contribution in [0.5, 0.6) is 0 Å². The lowest BCUT2D eigenvalue weighted by Gasteiger charge is -2.37. The molecule has 2 heterocycles. The molecule has 1 amide bonds. The number of rotatable bonds is 4. The van der Waals surface area contributed by atoms with Gasteiger partial charge in [-0.2, -0.15) is 0 Å². The Morgan fingerprint density at radius 3 is 2.57 bits per heavy atom. The van der Waals surface area contributed by atoms with Gasteiger partial charge in [0.25, 0.3) is 0 Å². The molecule has 0 aromatic heterocycles. The molecular weight excluding hydrogens is 286 g/mol. The predicted molar refractivity (Wildman–Crippen MR) is 93.1 cm³/mol. The molecule has 3 rings (SSSR count). The van der Waals surface area contributed by atoms with Gasteiger partial charge < -0.3 is 10.2 Å². The van der Waals surface area contributed by atoms with Gasteiger partial charge in [-0.15, -0.1) is 0 Å². The van der Waals surface area contributed by atoms with Crippen LogP contribution in [0.4, 0.5) is 0 Å². The smallest absolute Gasteiger partial charge is 0.225 e. The van der Waals surface area contributed by atoms with Crippen LogP contribution in [0.3, 0.4) is 0 Å². The Bertz CT molecular complexity index is 497. The number of nitrogens with zero attached hydrogens (tertiary/aromatic N) is 2. The summed E-state index contributed by atoms with van der Waals surface area (Å²) in [5.41, 5.74) is 1.37. The molecule has 1 unspecified atom stereocenters. The monoisotopic (exact) mass is 315 g/mol. The first-order valence-electron chi connectivity index (χ1n) is 8.98. The molecule has 4 heteroatoms. The van der Waals surface area contributed by atoms with E-state index >= 15 is 0 Å². The number of nitrogens with one attached hydrogen (secondary N) is 1. The standard InChI is InChI=1S/C19H29N3O/c1-20-18-8-5-11-22(15-18)19(23)17-9-12-21(13-10-17)14-16-6-3-2-4-7-16/h2-4,6-7,17-18,20H,5,8-15H2,1H3. The third-order valence-corrected chi connectivity index (χ3v) is 5.33. The SMILES string of the molecule is CNC1CCCN(C(=O)C2CCN(Cc3ccccc3)CC2)C1. The Kier molecular flexibility index (Phi) is 5.68. The Morgan fingerprint density at radius 1 is 1.13 bits per heavy atom. The number of carbonyl (C=O) groups excluding carboxylic acids is 1. The second-order valence-electron chi connectivity index (χ2n) is 6.95. The van der Waals surface area contributed by atoms with Gasteiger partial charge in [-0.05, 0) is 51.4 Å². The second-order valence-corrected chi connectivity index (χ2v) is 6.95. The van der Waals surface area contributed by atoms with Gasteiger partial charge in [0.1, 0.15) is 0 Å². The van der Waals surface area contributed by atoms with E-state index in [0.717, 1.165) is 52.0 Å². The average Bonchev–Trinajstić information content (AvgIpc) is 2.63. The summed E-state index contributed by atoms with van der Waals surface area (Å²) >= 11 is 0. The van der Waals surface area contributed by atoms with E-state index in [0.29, 0.717) is 11.9 Å². The largest absolute Gasteiger partial charge is 0.341 e. The molecule has 0 spiro atoms. The fourth-order valence-electron chi connectivity index (χ4n) is 3.85. The molecule has 0 aliphatic carbocycles. The van der Waals surface area contributed by atoms with Gasteiger partial charge in [-0.1, -0.05) is 30.3 Å². The average molecular weight is 315 g/mol. The lowest BCUT2D eigenvalue weighted by Crippen LogP contribution is -2.50. The summed E-state index contributed by atoms with van der Waals surface area (Å²) in [6.45, 7) is 4.91. The van der Waals surface area contributed by atoms with Crippen molar-refractivity contribution in [1.29, 1.82) is 0 Å². The molecule has 0 saturated carbocycles. The highest BCUT2D eigenvalue weighted by Crippen LogP contribution is 2.23. The van der Waals surface area contributed by atoms with Crippen molar-refractivity contribution in [2.45, 2.75) is 38.3 Å². The van der Waals surface area contributed by atoms with Crippen LogP contribution in [0.15, 0.2) is 30.3 Å². The highest BCUT2D eigenvalue weighted by Gasteiger charge is 2.30. The van der Waals surface area contributed by atoms with E-state index < -0.39 is 0 Å². The maximum absolute atomic E-state index is 12.8. The van der Waals surface area contributed by atoms with Crippen molar-refractivity contribution in [2.24, 2.45) is 5.92 Å². The maximum Gasteiger partial charge on any atom is 0.225 e. The van der Waals surface area contributed by atoms with E-state index in [2.05, 4.69) is 45.4 Å². The molecular formula is C19H29N3O. The molecule has 23 heavy (non-hydrogen) atoms. The van der Waals surface area contributed by atoms with Crippen LogP contribution in [0.1, 0.15) is 31.2 Å². The molecule has 2 fully saturated rings. The quantitative estimate of drug-likeness (QED) is 0.924. The van der Waals surface area contributed by atoms with Crippen LogP contribution in [0.2, 0.25) is 0 Å². The van der Waals surface area contributed by atoms with Gasteiger partial charge in [0, 0.05) is 31.6 Å². The van der Waals surface area contributed by atoms with Gasteiger partial charge in [0.2, 0.25) is 5.91 Å². The topological polar surface area (TPSA) is 35.6 Å². The summed E-state index contributed by atoms with van der Waals surface area (Å²) in [4.78, 5) is 17.3. The normalized spacial score (nSPS) is 23.9. The van der Waals surface area contributed by atoms with E-state index in [4.69, 9.17) is 0 Å². The molecule has 4 nitrogen and oxygen atoms in total. The second kappa shape index (κ2) is 7.93. The number of piperidine rings is 2. The van der Waals surface area contributed by atoms with Crippen molar-refractivity contribution in [2.75, 3.05) is 33.2 Å². The molecule has 1 N–H and O–H groups in total. The van der Waals surface area contributed by atoms with Crippen molar-refractivity contribution in [3.63, 3.8) is 0 Å². The van der Waals surface area contributed by atoms with E-state index in [1.807, 2.05) is 7.05 Å². The maximum atomic E-state index is 12.8. The number of carbonyl (C=O) groups is 1. The van der Waals surface area contributed by atoms with E-state index in [9.17, 15) is 4.79 Å². The minimum absolute atomic E-state index is 0.234. The zero-order valence-electron chi connectivity index (χ0n) is 14.2. The third-order valence-electron chi connectivity index (χ3n) is 5.33. The summed E-state index contributed by atoms with van der Waals surface area (Å²) in [6, 6.07) is 11.1. The van der Waals surface area contributed by atoms with Gasteiger partial charge in [-0.25, -0.2) is 0 Å². The Labute approximate surface area is 139 Å². The van der Waals surface area contributed by atoms with E-state index in [1.54, 1.807) is 0 Å². The Morgan fingerprint density at radius 2 is 1.87 bits per heavy atom. The zero-order chi connectivity index (χ0) is 16.1. The van der Waals surface area contributed by atoms with Crippen molar-refractivity contribution < 1.29 is 4.79 Å². The number of likely N-dealkylation sites (tertiary alicyclic amines) is 2. The fraction of sp³-hybridized carbons (Fsp3) is 0.632. The molecule has 0 bridgehead atoms. The van der Waals surface area contributed by atoms with Crippen LogP contribution >= 0.6 is 0 Å². The summed E-state index contributed by atoms with van der Waals surface area (Å²) in [7, 11) is 2.00. The molecule has 2 saturated heterocycles. The summed E-state index contributed by atoms with van der Waals surface area (Å²) < 4.78 is 0. The molecule has 1 aromatic rings. The molecule has 0 radical (unpaired) electrons. The van der Waals surface area contributed by atoms with Gasteiger partial charge in [-0.3, -0.25) is 9.69 Å². The third kappa shape index (κ3) is 4.33. The van der Waals surface area contributed by atoms with Crippen LogP contribution < -0.4 is 5.32 Å². The predicted octanol–water partition coefficient (Wildman–Crippen LogP) is 2.11. The molecule has 1 atom stereocenters. The van der Waals surface area contributed by atoms with Crippen molar-refractivity contribution in [1.82, 2.24) is 15.1 Å². The minimum Gasteiger partial charge on any atom is -0.341 e. The first-order chi connectivity index (χ1) is 11.3. The van der Waals surface area contributed by atoms with Crippen LogP contribution in [0.25, 0.3) is 0 Å². The molecule has 2 aliphatic heterocycles.